The second-order valence-electron chi connectivity index (χ2n) is 5.20. The molecule has 7 heteroatoms. The molecule has 2 amide bonds. The van der Waals surface area contributed by atoms with Crippen molar-refractivity contribution >= 4 is 11.8 Å². The van der Waals surface area contributed by atoms with E-state index >= 15 is 0 Å². The van der Waals surface area contributed by atoms with E-state index in [-0.39, 0.29) is 18.2 Å². The summed E-state index contributed by atoms with van der Waals surface area (Å²) in [7, 11) is 0. The molecule has 0 saturated heterocycles. The third kappa shape index (κ3) is 5.53. The topological polar surface area (TPSA) is 109 Å². The van der Waals surface area contributed by atoms with E-state index in [2.05, 4.69) is 16.0 Å². The lowest BCUT2D eigenvalue weighted by Crippen LogP contribution is -2.52. The summed E-state index contributed by atoms with van der Waals surface area (Å²) in [5.41, 5.74) is 6.42. The number of benzene rings is 1. The van der Waals surface area contributed by atoms with E-state index in [1.807, 2.05) is 30.3 Å². The molecule has 7 nitrogen and oxygen atoms in total. The van der Waals surface area contributed by atoms with Crippen molar-refractivity contribution in [2.24, 2.45) is 5.73 Å². The average molecular weight is 330 g/mol. The fourth-order valence-corrected chi connectivity index (χ4v) is 2.10. The monoisotopic (exact) mass is 330 g/mol. The van der Waals surface area contributed by atoms with Crippen LogP contribution in [-0.4, -0.2) is 37.5 Å². The van der Waals surface area contributed by atoms with Gasteiger partial charge in [0.15, 0.2) is 5.76 Å². The van der Waals surface area contributed by atoms with E-state index in [1.165, 1.54) is 6.26 Å². The molecule has 128 valence electrons. The van der Waals surface area contributed by atoms with Gasteiger partial charge in [-0.15, -0.1) is 0 Å². The lowest BCUT2D eigenvalue weighted by atomic mass is 10.2. The van der Waals surface area contributed by atoms with Crippen LogP contribution in [0, 0.1) is 0 Å². The minimum absolute atomic E-state index is 0.162. The van der Waals surface area contributed by atoms with Crippen LogP contribution in [0.15, 0.2) is 53.1 Å². The fraction of sp³-hybridized carbons (Fsp3) is 0.294. The van der Waals surface area contributed by atoms with Gasteiger partial charge in [0.2, 0.25) is 5.91 Å². The first-order valence-electron chi connectivity index (χ1n) is 7.77. The largest absolute Gasteiger partial charge is 0.459 e. The molecule has 1 atom stereocenters. The summed E-state index contributed by atoms with van der Waals surface area (Å²) in [6, 6.07) is 12.0. The Morgan fingerprint density at radius 1 is 1.12 bits per heavy atom. The highest BCUT2D eigenvalue weighted by molar-refractivity contribution is 5.95. The summed E-state index contributed by atoms with van der Waals surface area (Å²) in [6.45, 7) is 1.68. The highest BCUT2D eigenvalue weighted by Crippen LogP contribution is 2.01. The molecule has 0 bridgehead atoms. The van der Waals surface area contributed by atoms with Gasteiger partial charge in [0.1, 0.15) is 6.04 Å². The van der Waals surface area contributed by atoms with Gasteiger partial charge in [-0.1, -0.05) is 30.3 Å². The molecule has 1 aromatic carbocycles. The molecule has 0 fully saturated rings. The van der Waals surface area contributed by atoms with Gasteiger partial charge in [0.05, 0.1) is 6.26 Å². The first-order chi connectivity index (χ1) is 11.7. The van der Waals surface area contributed by atoms with Crippen molar-refractivity contribution in [3.8, 4) is 0 Å². The summed E-state index contributed by atoms with van der Waals surface area (Å²) in [6.07, 6.45) is 1.41. The van der Waals surface area contributed by atoms with Crippen molar-refractivity contribution < 1.29 is 14.0 Å². The maximum atomic E-state index is 12.4. The smallest absolute Gasteiger partial charge is 0.287 e. The molecule has 5 N–H and O–H groups in total. The molecule has 0 aliphatic rings. The zero-order chi connectivity index (χ0) is 17.2. The Morgan fingerprint density at radius 3 is 2.58 bits per heavy atom. The molecule has 24 heavy (non-hydrogen) atoms. The minimum Gasteiger partial charge on any atom is -0.459 e. The van der Waals surface area contributed by atoms with Gasteiger partial charge in [-0.2, -0.15) is 0 Å². The maximum absolute atomic E-state index is 12.4. The highest BCUT2D eigenvalue weighted by Gasteiger charge is 2.22. The van der Waals surface area contributed by atoms with Crippen LogP contribution in [-0.2, 0) is 11.3 Å². The fourth-order valence-electron chi connectivity index (χ4n) is 2.10. The van der Waals surface area contributed by atoms with Crippen LogP contribution in [0.3, 0.4) is 0 Å². The van der Waals surface area contributed by atoms with E-state index < -0.39 is 11.9 Å². The number of carbonyl (C=O) groups is 2. The predicted molar refractivity (Wildman–Crippen MR) is 90.2 cm³/mol. The Morgan fingerprint density at radius 2 is 1.92 bits per heavy atom. The SMILES string of the molecule is NCCNC[C@H](NC(=O)c1ccco1)C(=O)NCc1ccccc1. The second-order valence-corrected chi connectivity index (χ2v) is 5.20. The Kier molecular flexibility index (Phi) is 7.00. The molecule has 0 radical (unpaired) electrons. The predicted octanol–water partition coefficient (Wildman–Crippen LogP) is 0.243. The molecule has 2 rings (SSSR count). The number of furan rings is 1. The lowest BCUT2D eigenvalue weighted by Gasteiger charge is -2.18. The average Bonchev–Trinajstić information content (AvgIpc) is 3.14. The van der Waals surface area contributed by atoms with Crippen molar-refractivity contribution in [1.82, 2.24) is 16.0 Å². The van der Waals surface area contributed by atoms with Crippen LogP contribution in [0.25, 0.3) is 0 Å². The van der Waals surface area contributed by atoms with Crippen LogP contribution in [0.4, 0.5) is 0 Å². The van der Waals surface area contributed by atoms with Gasteiger partial charge in [0, 0.05) is 26.2 Å². The number of carbonyl (C=O) groups excluding carboxylic acids is 2. The van der Waals surface area contributed by atoms with E-state index in [1.54, 1.807) is 12.1 Å². The molecule has 0 spiro atoms. The molecule has 1 heterocycles. The van der Waals surface area contributed by atoms with E-state index in [4.69, 9.17) is 10.2 Å². The quantitative estimate of drug-likeness (QED) is 0.493. The third-order valence-electron chi connectivity index (χ3n) is 3.35. The Balaban J connectivity index is 1.93. The molecule has 0 unspecified atom stereocenters. The van der Waals surface area contributed by atoms with Gasteiger partial charge in [0.25, 0.3) is 5.91 Å². The van der Waals surface area contributed by atoms with E-state index in [0.717, 1.165) is 5.56 Å². The van der Waals surface area contributed by atoms with Crippen LogP contribution < -0.4 is 21.7 Å². The van der Waals surface area contributed by atoms with Gasteiger partial charge in [-0.25, -0.2) is 0 Å². The van der Waals surface area contributed by atoms with Crippen molar-refractivity contribution in [1.29, 1.82) is 0 Å². The number of hydrogen-bond acceptors (Lipinski definition) is 5. The standard InChI is InChI=1S/C17H22N4O3/c18-8-9-19-12-14(21-17(23)15-7-4-10-24-15)16(22)20-11-13-5-2-1-3-6-13/h1-7,10,14,19H,8-9,11-12,18H2,(H,20,22)(H,21,23)/t14-/m0/s1. The maximum Gasteiger partial charge on any atom is 0.287 e. The number of nitrogens with two attached hydrogens (primary N) is 1. The molecule has 0 saturated carbocycles. The normalized spacial score (nSPS) is 11.7. The van der Waals surface area contributed by atoms with Gasteiger partial charge < -0.3 is 26.1 Å². The van der Waals surface area contributed by atoms with Crippen LogP contribution in [0.1, 0.15) is 16.1 Å². The zero-order valence-electron chi connectivity index (χ0n) is 13.3. The Labute approximate surface area is 140 Å². The summed E-state index contributed by atoms with van der Waals surface area (Å²) < 4.78 is 5.05. The van der Waals surface area contributed by atoms with Crippen molar-refractivity contribution in [2.75, 3.05) is 19.6 Å². The number of rotatable bonds is 9. The van der Waals surface area contributed by atoms with Crippen molar-refractivity contribution in [3.05, 3.63) is 60.1 Å². The second kappa shape index (κ2) is 9.49. The summed E-state index contributed by atoms with van der Waals surface area (Å²) >= 11 is 0. The van der Waals surface area contributed by atoms with E-state index in [9.17, 15) is 9.59 Å². The summed E-state index contributed by atoms with van der Waals surface area (Å²) in [5.74, 6) is -0.549. The molecule has 0 aliphatic heterocycles. The van der Waals surface area contributed by atoms with Crippen LogP contribution in [0.5, 0.6) is 0 Å². The van der Waals surface area contributed by atoms with Crippen LogP contribution >= 0.6 is 0 Å². The number of nitrogens with one attached hydrogen (secondary N) is 3. The zero-order valence-corrected chi connectivity index (χ0v) is 13.3. The molecular weight excluding hydrogens is 308 g/mol. The van der Waals surface area contributed by atoms with Crippen LogP contribution in [0.2, 0.25) is 0 Å². The minimum atomic E-state index is -0.724. The Hall–Kier alpha value is -2.64. The van der Waals surface area contributed by atoms with Gasteiger partial charge in [-0.3, -0.25) is 9.59 Å². The first kappa shape index (κ1) is 17.7. The summed E-state index contributed by atoms with van der Waals surface area (Å²) in [5, 5.41) is 8.52. The number of hydrogen-bond donors (Lipinski definition) is 4. The summed E-state index contributed by atoms with van der Waals surface area (Å²) in [4.78, 5) is 24.5. The van der Waals surface area contributed by atoms with Gasteiger partial charge in [-0.05, 0) is 17.7 Å². The molecule has 0 aliphatic carbocycles. The Bertz CT molecular complexity index is 629. The third-order valence-corrected chi connectivity index (χ3v) is 3.35. The molecule has 1 aromatic heterocycles. The van der Waals surface area contributed by atoms with E-state index in [0.29, 0.717) is 19.6 Å². The molecular formula is C17H22N4O3. The number of amides is 2. The van der Waals surface area contributed by atoms with Crippen molar-refractivity contribution in [3.63, 3.8) is 0 Å². The molecule has 2 aromatic rings. The lowest BCUT2D eigenvalue weighted by molar-refractivity contribution is -0.123. The van der Waals surface area contributed by atoms with Crippen molar-refractivity contribution in [2.45, 2.75) is 12.6 Å². The van der Waals surface area contributed by atoms with Gasteiger partial charge >= 0.3 is 0 Å². The first-order valence-corrected chi connectivity index (χ1v) is 7.77. The highest BCUT2D eigenvalue weighted by atomic mass is 16.3.